The van der Waals surface area contributed by atoms with Gasteiger partial charge in [-0.25, -0.2) is 14.2 Å². The lowest BCUT2D eigenvalue weighted by atomic mass is 9.93. The Morgan fingerprint density at radius 2 is 1.93 bits per heavy atom. The number of pyridine rings is 1. The van der Waals surface area contributed by atoms with Crippen LogP contribution in [0.5, 0.6) is 5.75 Å². The molecule has 0 bridgehead atoms. The maximum Gasteiger partial charge on any atom is 0.280 e. The van der Waals surface area contributed by atoms with E-state index >= 15 is 0 Å². The summed E-state index contributed by atoms with van der Waals surface area (Å²) in [7, 11) is 3.48. The van der Waals surface area contributed by atoms with E-state index in [1.165, 1.54) is 0 Å². The Hall–Kier alpha value is -4.15. The number of anilines is 1. The average molecular weight is 549 g/mol. The van der Waals surface area contributed by atoms with Gasteiger partial charge in [-0.3, -0.25) is 19.3 Å². The molecule has 214 valence electrons. The van der Waals surface area contributed by atoms with E-state index in [0.717, 1.165) is 42.1 Å². The summed E-state index contributed by atoms with van der Waals surface area (Å²) in [6.45, 7) is 8.30. The molecule has 6 rings (SSSR count). The summed E-state index contributed by atoms with van der Waals surface area (Å²) in [5, 5.41) is 7.99. The number of nitrogens with zero attached hydrogens (tertiary/aromatic N) is 7. The third kappa shape index (κ3) is 4.63. The van der Waals surface area contributed by atoms with E-state index in [1.807, 2.05) is 68.2 Å². The second kappa shape index (κ2) is 11.1. The van der Waals surface area contributed by atoms with Crippen LogP contribution in [0, 0.1) is 13.8 Å². The van der Waals surface area contributed by atoms with Crippen molar-refractivity contribution in [1.29, 1.82) is 0 Å². The molecule has 0 aromatic carbocycles. The molecule has 2 atom stereocenters. The molecule has 4 aromatic heterocycles. The molecule has 0 radical (unpaired) electrons. The molecular weight excluding hydrogens is 508 g/mol. The number of aryl methyl sites for hydroxylation is 1. The van der Waals surface area contributed by atoms with Crippen molar-refractivity contribution < 1.29 is 11.0 Å². The van der Waals surface area contributed by atoms with Gasteiger partial charge in [0.1, 0.15) is 22.8 Å². The largest absolute Gasteiger partial charge is 0.495 e. The van der Waals surface area contributed by atoms with Gasteiger partial charge in [-0.15, -0.1) is 5.10 Å². The normalized spacial score (nSPS) is 18.8. The highest BCUT2D eigenvalue weighted by Crippen LogP contribution is 2.38. The summed E-state index contributed by atoms with van der Waals surface area (Å²) in [6, 6.07) is 7.36. The first-order valence-corrected chi connectivity index (χ1v) is 14.0. The molecule has 1 aliphatic heterocycles. The third-order valence-corrected chi connectivity index (χ3v) is 8.02. The lowest BCUT2D eigenvalue weighted by molar-refractivity contribution is 0.0937. The minimum absolute atomic E-state index is 0. The summed E-state index contributed by atoms with van der Waals surface area (Å²) in [6.07, 6.45) is 7.17. The van der Waals surface area contributed by atoms with Crippen LogP contribution in [-0.4, -0.2) is 54.5 Å². The molecule has 1 aliphatic carbocycles. The zero-order chi connectivity index (χ0) is 28.6. The molecule has 4 aromatic rings. The highest BCUT2D eigenvalue weighted by molar-refractivity contribution is 5.95. The van der Waals surface area contributed by atoms with E-state index in [4.69, 9.17) is 9.84 Å². The molecule has 1 unspecified atom stereocenters. The van der Waals surface area contributed by atoms with E-state index in [9.17, 15) is 9.59 Å². The van der Waals surface area contributed by atoms with Crippen molar-refractivity contribution in [3.63, 3.8) is 0 Å². The molecule has 2 aliphatic rings. The number of imidazole rings is 1. The predicted octanol–water partition coefficient (Wildman–Crippen LogP) is 4.00. The zero-order valence-electron chi connectivity index (χ0n) is 24.1. The van der Waals surface area contributed by atoms with Crippen molar-refractivity contribution in [2.24, 2.45) is 7.05 Å². The van der Waals surface area contributed by atoms with Crippen LogP contribution in [0.25, 0.3) is 5.65 Å². The first-order valence-electron chi connectivity index (χ1n) is 14.0. The van der Waals surface area contributed by atoms with Gasteiger partial charge in [-0.2, -0.15) is 0 Å². The number of carbonyl (C=O) groups excluding carboxylic acids is 1. The van der Waals surface area contributed by atoms with Crippen molar-refractivity contribution in [2.45, 2.75) is 71.5 Å². The highest BCUT2D eigenvalue weighted by Gasteiger charge is 2.38. The van der Waals surface area contributed by atoms with E-state index in [2.05, 4.69) is 20.2 Å². The molecule has 11 nitrogen and oxygen atoms in total. The second-order valence-corrected chi connectivity index (χ2v) is 10.2. The number of carbonyl (C=O) groups is 1. The summed E-state index contributed by atoms with van der Waals surface area (Å²) >= 11 is 0. The maximum absolute atomic E-state index is 13.5. The Kier molecular flexibility index (Phi) is 7.64. The van der Waals surface area contributed by atoms with Crippen LogP contribution in [-0.2, 0) is 7.05 Å². The van der Waals surface area contributed by atoms with Crippen LogP contribution in [0.15, 0.2) is 41.5 Å². The first-order chi connectivity index (χ1) is 19.4. The Morgan fingerprint density at radius 3 is 2.62 bits per heavy atom. The van der Waals surface area contributed by atoms with Crippen molar-refractivity contribution in [3.8, 4) is 5.75 Å². The summed E-state index contributed by atoms with van der Waals surface area (Å²) < 4.78 is 11.0. The SMILES string of the molecule is CC.COc1cccnc1[C@H]1CC(NC(=O)c2c(C)n(C)n(C3CCC3)c2=O)CN1c1ccc2ncc(C)n2n1.[HH]. The van der Waals surface area contributed by atoms with Gasteiger partial charge in [0, 0.05) is 33.0 Å². The van der Waals surface area contributed by atoms with E-state index in [-0.39, 0.29) is 36.6 Å². The number of fused-ring (bicyclic) bond motifs is 1. The van der Waals surface area contributed by atoms with Gasteiger partial charge in [0.05, 0.1) is 31.1 Å². The van der Waals surface area contributed by atoms with Crippen molar-refractivity contribution in [1.82, 2.24) is 34.3 Å². The van der Waals surface area contributed by atoms with E-state index < -0.39 is 0 Å². The lowest BCUT2D eigenvalue weighted by Crippen LogP contribution is -2.40. The molecule has 0 spiro atoms. The van der Waals surface area contributed by atoms with E-state index in [1.54, 1.807) is 24.2 Å². The number of aromatic nitrogens is 6. The summed E-state index contributed by atoms with van der Waals surface area (Å²) in [5.41, 5.74) is 3.16. The van der Waals surface area contributed by atoms with Gasteiger partial charge < -0.3 is 15.0 Å². The van der Waals surface area contributed by atoms with Gasteiger partial charge in [0.2, 0.25) is 0 Å². The monoisotopic (exact) mass is 548 g/mol. The van der Waals surface area contributed by atoms with Crippen LogP contribution in [0.4, 0.5) is 5.82 Å². The fourth-order valence-corrected chi connectivity index (χ4v) is 5.70. The minimum Gasteiger partial charge on any atom is -0.495 e. The predicted molar refractivity (Wildman–Crippen MR) is 155 cm³/mol. The molecule has 1 saturated carbocycles. The molecular formula is C29H40N8O3. The van der Waals surface area contributed by atoms with Crippen LogP contribution < -0.4 is 20.5 Å². The number of amides is 1. The number of methoxy groups -OCH3 is 1. The maximum atomic E-state index is 13.5. The van der Waals surface area contributed by atoms with Crippen molar-refractivity contribution in [2.75, 3.05) is 18.6 Å². The molecule has 11 heteroatoms. The van der Waals surface area contributed by atoms with E-state index in [0.29, 0.717) is 24.4 Å². The molecule has 1 amide bonds. The van der Waals surface area contributed by atoms with Gasteiger partial charge in [-0.05, 0) is 63.8 Å². The smallest absolute Gasteiger partial charge is 0.280 e. The Morgan fingerprint density at radius 1 is 1.15 bits per heavy atom. The lowest BCUT2D eigenvalue weighted by Gasteiger charge is -2.27. The summed E-state index contributed by atoms with van der Waals surface area (Å²) in [5.74, 6) is 1.08. The van der Waals surface area contributed by atoms with Gasteiger partial charge >= 0.3 is 0 Å². The number of hydrogen-bond donors (Lipinski definition) is 1. The molecule has 1 N–H and O–H groups in total. The fraction of sp³-hybridized carbons (Fsp3) is 0.483. The minimum atomic E-state index is -0.339. The molecule has 40 heavy (non-hydrogen) atoms. The Balaban J connectivity index is 0.00000126. The number of ether oxygens (including phenoxy) is 1. The number of rotatable bonds is 6. The second-order valence-electron chi connectivity index (χ2n) is 10.2. The molecule has 5 heterocycles. The molecule has 2 fully saturated rings. The number of nitrogens with one attached hydrogen (secondary N) is 1. The zero-order valence-corrected chi connectivity index (χ0v) is 24.1. The van der Waals surface area contributed by atoms with Gasteiger partial charge in [-0.1, -0.05) is 13.8 Å². The van der Waals surface area contributed by atoms with Crippen LogP contribution >= 0.6 is 0 Å². The first kappa shape index (κ1) is 27.4. The van der Waals surface area contributed by atoms with Crippen LogP contribution in [0.1, 0.15) is 80.5 Å². The van der Waals surface area contributed by atoms with Gasteiger partial charge in [0.25, 0.3) is 11.5 Å². The van der Waals surface area contributed by atoms with Crippen LogP contribution in [0.3, 0.4) is 0 Å². The summed E-state index contributed by atoms with van der Waals surface area (Å²) in [4.78, 5) is 37.9. The average Bonchev–Trinajstić information content (AvgIpc) is 3.59. The Labute approximate surface area is 235 Å². The number of hydrogen-bond acceptors (Lipinski definition) is 7. The quantitative estimate of drug-likeness (QED) is 0.388. The van der Waals surface area contributed by atoms with Crippen molar-refractivity contribution in [3.05, 3.63) is 69.7 Å². The highest BCUT2D eigenvalue weighted by atomic mass is 16.5. The topological polar surface area (TPSA) is 112 Å². The van der Waals surface area contributed by atoms with Crippen LogP contribution in [0.2, 0.25) is 0 Å². The third-order valence-electron chi connectivity index (χ3n) is 8.02. The Bertz CT molecular complexity index is 1590. The molecule has 1 saturated heterocycles. The van der Waals surface area contributed by atoms with Crippen molar-refractivity contribution >= 4 is 17.4 Å². The van der Waals surface area contributed by atoms with Gasteiger partial charge in [0.15, 0.2) is 5.65 Å². The fourth-order valence-electron chi connectivity index (χ4n) is 5.70. The standard InChI is InChI=1S/C27H32N8O3.C2H6.H2/c1-16-14-29-22-10-11-23(31-34(16)22)33-15-18(13-20(33)25-21(38-4)9-6-12-28-25)30-26(36)24-17(2)32(3)35(27(24)37)19-7-5-8-19;1-2;/h6,9-12,14,18-20H,5,7-8,13,15H2,1-4H3,(H,30,36);1-2H3;1H/t18?,20-;;/m1../s1.